The highest BCUT2D eigenvalue weighted by atomic mass is 35.5. The molecule has 1 aliphatic rings. The van der Waals surface area contributed by atoms with E-state index < -0.39 is 0 Å². The standard InChI is InChI=1S/C13H11ClN4.C6H12/c1-18-7-9(8-4-2-3-5-11(8)18)12-10(14)6-16-13(15)17-12;1-2-4-6-5-3-1/h2-7H,1H3,(H2,15,16,17);1-6H2. The van der Waals surface area contributed by atoms with Crippen molar-refractivity contribution in [3.8, 4) is 11.3 Å². The van der Waals surface area contributed by atoms with Crippen LogP contribution in [0.1, 0.15) is 38.5 Å². The molecule has 2 heterocycles. The number of nitrogens with zero attached hydrogens (tertiary/aromatic N) is 3. The molecule has 2 aromatic heterocycles. The minimum absolute atomic E-state index is 0.224. The van der Waals surface area contributed by atoms with Crippen LogP contribution >= 0.6 is 11.6 Å². The van der Waals surface area contributed by atoms with E-state index in [1.165, 1.54) is 44.7 Å². The number of rotatable bonds is 1. The van der Waals surface area contributed by atoms with Gasteiger partial charge >= 0.3 is 0 Å². The summed E-state index contributed by atoms with van der Waals surface area (Å²) in [7, 11) is 1.99. The van der Waals surface area contributed by atoms with Gasteiger partial charge in [-0.15, -0.1) is 0 Å². The normalized spacial score (nSPS) is 14.2. The van der Waals surface area contributed by atoms with Gasteiger partial charge in [-0.1, -0.05) is 68.3 Å². The van der Waals surface area contributed by atoms with Crippen molar-refractivity contribution in [3.63, 3.8) is 0 Å². The fourth-order valence-electron chi connectivity index (χ4n) is 3.16. The third-order valence-corrected chi connectivity index (χ3v) is 4.69. The van der Waals surface area contributed by atoms with Crippen molar-refractivity contribution in [2.75, 3.05) is 5.73 Å². The number of anilines is 1. The van der Waals surface area contributed by atoms with Crippen LogP contribution in [-0.4, -0.2) is 14.5 Å². The average Bonchev–Trinajstić information content (AvgIpc) is 2.96. The number of nitrogen functional groups attached to an aromatic ring is 1. The molecule has 126 valence electrons. The lowest BCUT2D eigenvalue weighted by molar-refractivity contribution is 0.504. The third kappa shape index (κ3) is 3.70. The average molecular weight is 343 g/mol. The molecule has 0 saturated heterocycles. The molecule has 0 bridgehead atoms. The van der Waals surface area contributed by atoms with Crippen molar-refractivity contribution >= 4 is 28.5 Å². The summed E-state index contributed by atoms with van der Waals surface area (Å²) in [6.45, 7) is 0. The first-order valence-corrected chi connectivity index (χ1v) is 8.87. The van der Waals surface area contributed by atoms with E-state index in [1.54, 1.807) is 0 Å². The highest BCUT2D eigenvalue weighted by molar-refractivity contribution is 6.33. The van der Waals surface area contributed by atoms with E-state index >= 15 is 0 Å². The zero-order valence-corrected chi connectivity index (χ0v) is 14.8. The highest BCUT2D eigenvalue weighted by Gasteiger charge is 2.13. The van der Waals surface area contributed by atoms with E-state index in [4.69, 9.17) is 17.3 Å². The van der Waals surface area contributed by atoms with Crippen LogP contribution in [0.25, 0.3) is 22.2 Å². The van der Waals surface area contributed by atoms with Gasteiger partial charge in [0.25, 0.3) is 0 Å². The molecule has 4 nitrogen and oxygen atoms in total. The fourth-order valence-corrected chi connectivity index (χ4v) is 3.35. The van der Waals surface area contributed by atoms with Crippen molar-refractivity contribution in [3.05, 3.63) is 41.7 Å². The van der Waals surface area contributed by atoms with Gasteiger partial charge in [0, 0.05) is 29.7 Å². The smallest absolute Gasteiger partial charge is 0.220 e. The molecule has 5 heteroatoms. The number of aromatic nitrogens is 3. The second kappa shape index (κ2) is 7.67. The van der Waals surface area contributed by atoms with Gasteiger partial charge in [0.05, 0.1) is 16.9 Å². The number of fused-ring (bicyclic) bond motifs is 1. The minimum atomic E-state index is 0.224. The summed E-state index contributed by atoms with van der Waals surface area (Å²) < 4.78 is 2.04. The number of halogens is 1. The number of hydrogen-bond donors (Lipinski definition) is 1. The lowest BCUT2D eigenvalue weighted by atomic mass is 10.0. The molecule has 1 aliphatic carbocycles. The van der Waals surface area contributed by atoms with Crippen LogP contribution in [0.2, 0.25) is 5.02 Å². The Morgan fingerprint density at radius 2 is 1.67 bits per heavy atom. The van der Waals surface area contributed by atoms with Gasteiger partial charge < -0.3 is 10.3 Å². The van der Waals surface area contributed by atoms with Crippen LogP contribution in [0.15, 0.2) is 36.7 Å². The molecule has 0 unspecified atom stereocenters. The summed E-state index contributed by atoms with van der Waals surface area (Å²) in [5, 5.41) is 1.60. The second-order valence-electron chi connectivity index (χ2n) is 6.22. The summed E-state index contributed by atoms with van der Waals surface area (Å²) in [6, 6.07) is 8.09. The summed E-state index contributed by atoms with van der Waals surface area (Å²) in [5.74, 6) is 0.224. The maximum Gasteiger partial charge on any atom is 0.220 e. The zero-order valence-electron chi connectivity index (χ0n) is 14.0. The Labute approximate surface area is 147 Å². The number of nitrogens with two attached hydrogens (primary N) is 1. The van der Waals surface area contributed by atoms with Gasteiger partial charge in [-0.3, -0.25) is 0 Å². The molecule has 3 aromatic rings. The molecule has 1 saturated carbocycles. The third-order valence-electron chi connectivity index (χ3n) is 4.41. The van der Waals surface area contributed by atoms with Gasteiger partial charge in [0.15, 0.2) is 0 Å². The van der Waals surface area contributed by atoms with Crippen LogP contribution in [0, 0.1) is 0 Å². The van der Waals surface area contributed by atoms with E-state index in [0.717, 1.165) is 16.5 Å². The van der Waals surface area contributed by atoms with Gasteiger partial charge in [-0.25, -0.2) is 9.97 Å². The molecule has 0 amide bonds. The Balaban J connectivity index is 0.000000238. The second-order valence-corrected chi connectivity index (χ2v) is 6.62. The van der Waals surface area contributed by atoms with Gasteiger partial charge in [0.2, 0.25) is 5.95 Å². The highest BCUT2D eigenvalue weighted by Crippen LogP contribution is 2.33. The minimum Gasteiger partial charge on any atom is -0.368 e. The molecule has 0 atom stereocenters. The molecule has 2 N–H and O–H groups in total. The fraction of sp³-hybridized carbons (Fsp3) is 0.368. The Kier molecular flexibility index (Phi) is 5.36. The molecular formula is C19H23ClN4. The summed E-state index contributed by atoms with van der Waals surface area (Å²) >= 11 is 6.15. The SMILES string of the molecule is C1CCCCC1.Cn1cc(-c2nc(N)ncc2Cl)c2ccccc21. The first-order chi connectivity index (χ1) is 11.7. The maximum atomic E-state index is 6.15. The van der Waals surface area contributed by atoms with Gasteiger partial charge in [-0.05, 0) is 6.07 Å². The number of hydrogen-bond acceptors (Lipinski definition) is 3. The Morgan fingerprint density at radius 3 is 2.33 bits per heavy atom. The molecule has 0 aliphatic heterocycles. The molecule has 1 aromatic carbocycles. The number of aryl methyl sites for hydroxylation is 1. The first kappa shape index (κ1) is 16.8. The quantitative estimate of drug-likeness (QED) is 0.660. The lowest BCUT2D eigenvalue weighted by Crippen LogP contribution is -1.96. The topological polar surface area (TPSA) is 56.7 Å². The predicted molar refractivity (Wildman–Crippen MR) is 101 cm³/mol. The largest absolute Gasteiger partial charge is 0.368 e. The summed E-state index contributed by atoms with van der Waals surface area (Å²) in [6.07, 6.45) is 12.5. The van der Waals surface area contributed by atoms with E-state index in [1.807, 2.05) is 36.0 Å². The zero-order chi connectivity index (χ0) is 16.9. The predicted octanol–water partition coefficient (Wildman–Crippen LogP) is 5.21. The maximum absolute atomic E-state index is 6.15. The molecule has 24 heavy (non-hydrogen) atoms. The van der Waals surface area contributed by atoms with E-state index in [-0.39, 0.29) is 5.95 Å². The first-order valence-electron chi connectivity index (χ1n) is 8.49. The molecule has 0 spiro atoms. The van der Waals surface area contributed by atoms with Crippen molar-refractivity contribution in [2.24, 2.45) is 7.05 Å². The van der Waals surface area contributed by atoms with E-state index in [2.05, 4.69) is 16.0 Å². The van der Waals surface area contributed by atoms with Gasteiger partial charge in [-0.2, -0.15) is 0 Å². The monoisotopic (exact) mass is 342 g/mol. The number of benzene rings is 1. The van der Waals surface area contributed by atoms with Crippen molar-refractivity contribution < 1.29 is 0 Å². The van der Waals surface area contributed by atoms with Crippen LogP contribution in [-0.2, 0) is 7.05 Å². The van der Waals surface area contributed by atoms with Crippen LogP contribution < -0.4 is 5.73 Å². The lowest BCUT2D eigenvalue weighted by Gasteiger charge is -2.05. The van der Waals surface area contributed by atoms with Crippen molar-refractivity contribution in [2.45, 2.75) is 38.5 Å². The Morgan fingerprint density at radius 1 is 1.04 bits per heavy atom. The summed E-state index contributed by atoms with van der Waals surface area (Å²) in [4.78, 5) is 8.11. The van der Waals surface area contributed by atoms with Crippen molar-refractivity contribution in [1.82, 2.24) is 14.5 Å². The Bertz CT molecular complexity index is 810. The van der Waals surface area contributed by atoms with Crippen LogP contribution in [0.3, 0.4) is 0 Å². The van der Waals surface area contributed by atoms with E-state index in [9.17, 15) is 0 Å². The summed E-state index contributed by atoms with van der Waals surface area (Å²) in [5.41, 5.74) is 8.39. The molecule has 4 rings (SSSR count). The van der Waals surface area contributed by atoms with Crippen molar-refractivity contribution in [1.29, 1.82) is 0 Å². The number of para-hydroxylation sites is 1. The molecule has 0 radical (unpaired) electrons. The van der Waals surface area contributed by atoms with Gasteiger partial charge in [0.1, 0.15) is 0 Å². The van der Waals surface area contributed by atoms with Crippen LogP contribution in [0.5, 0.6) is 0 Å². The Hall–Kier alpha value is -2.07. The van der Waals surface area contributed by atoms with E-state index in [0.29, 0.717) is 10.7 Å². The molecule has 1 fully saturated rings. The van der Waals surface area contributed by atoms with Crippen LogP contribution in [0.4, 0.5) is 5.95 Å². The molecular weight excluding hydrogens is 320 g/mol.